The first-order chi connectivity index (χ1) is 7.17. The van der Waals surface area contributed by atoms with Crippen LogP contribution in [0.25, 0.3) is 6.08 Å². The van der Waals surface area contributed by atoms with Crippen molar-refractivity contribution < 1.29 is 19.5 Å². The second-order valence-corrected chi connectivity index (χ2v) is 2.88. The molecule has 15 heavy (non-hydrogen) atoms. The van der Waals surface area contributed by atoms with Gasteiger partial charge in [0.15, 0.2) is 0 Å². The lowest BCUT2D eigenvalue weighted by molar-refractivity contribution is 0.402. The van der Waals surface area contributed by atoms with Crippen molar-refractivity contribution in [1.82, 2.24) is 0 Å². The molecule has 0 fully saturated rings. The summed E-state index contributed by atoms with van der Waals surface area (Å²) in [5.41, 5.74) is 0.727. The minimum absolute atomic E-state index is 0.646. The number of rotatable bonds is 4. The molecule has 0 heterocycles. The van der Waals surface area contributed by atoms with Crippen molar-refractivity contribution in [2.75, 3.05) is 14.2 Å². The zero-order valence-electron chi connectivity index (χ0n) is 8.68. The predicted octanol–water partition coefficient (Wildman–Crippen LogP) is 0.729. The van der Waals surface area contributed by atoms with Crippen LogP contribution in [0, 0.1) is 0 Å². The van der Waals surface area contributed by atoms with Gasteiger partial charge in [0.1, 0.15) is 11.5 Å². The van der Waals surface area contributed by atoms with Gasteiger partial charge in [-0.15, -0.1) is 0 Å². The van der Waals surface area contributed by atoms with Gasteiger partial charge < -0.3 is 19.5 Å². The SMILES string of the molecule is COc1ccc(OC)c(/C=C/B(O)O)c1. The standard InChI is InChI=1S/C10H13BO4/c1-14-9-3-4-10(15-2)8(7-9)5-6-11(12)13/h3-7,12-13H,1-2H3/b6-5+. The molecule has 1 aromatic carbocycles. The van der Waals surface area contributed by atoms with Gasteiger partial charge in [-0.1, -0.05) is 12.1 Å². The van der Waals surface area contributed by atoms with Crippen LogP contribution >= 0.6 is 0 Å². The smallest absolute Gasteiger partial charge is 0.480 e. The molecule has 0 bridgehead atoms. The fraction of sp³-hybridized carbons (Fsp3) is 0.200. The summed E-state index contributed by atoms with van der Waals surface area (Å²) >= 11 is 0. The highest BCUT2D eigenvalue weighted by atomic mass is 16.5. The summed E-state index contributed by atoms with van der Waals surface area (Å²) in [7, 11) is 1.64. The summed E-state index contributed by atoms with van der Waals surface area (Å²) < 4.78 is 10.2. The fourth-order valence-electron chi connectivity index (χ4n) is 1.16. The van der Waals surface area contributed by atoms with E-state index in [0.717, 1.165) is 5.56 Å². The maximum absolute atomic E-state index is 8.70. The molecule has 5 heteroatoms. The highest BCUT2D eigenvalue weighted by molar-refractivity contribution is 6.48. The zero-order valence-corrected chi connectivity index (χ0v) is 8.68. The lowest BCUT2D eigenvalue weighted by Gasteiger charge is -2.06. The summed E-state index contributed by atoms with van der Waals surface area (Å²) in [5, 5.41) is 17.4. The third-order valence-electron chi connectivity index (χ3n) is 1.88. The molecule has 0 aromatic heterocycles. The Morgan fingerprint density at radius 3 is 2.47 bits per heavy atom. The van der Waals surface area contributed by atoms with Gasteiger partial charge in [-0.2, -0.15) is 0 Å². The average Bonchev–Trinajstić information content (AvgIpc) is 2.25. The Bertz CT molecular complexity index is 349. The lowest BCUT2D eigenvalue weighted by Crippen LogP contribution is -2.05. The minimum atomic E-state index is -1.47. The Kier molecular flexibility index (Phi) is 4.21. The highest BCUT2D eigenvalue weighted by Crippen LogP contribution is 2.24. The Morgan fingerprint density at radius 1 is 1.20 bits per heavy atom. The van der Waals surface area contributed by atoms with Crippen molar-refractivity contribution in [2.45, 2.75) is 0 Å². The van der Waals surface area contributed by atoms with E-state index in [4.69, 9.17) is 19.5 Å². The third-order valence-corrected chi connectivity index (χ3v) is 1.88. The molecule has 0 aliphatic rings. The summed E-state index contributed by atoms with van der Waals surface area (Å²) in [5.74, 6) is 2.58. The van der Waals surface area contributed by atoms with Crippen LogP contribution in [0.3, 0.4) is 0 Å². The predicted molar refractivity (Wildman–Crippen MR) is 58.8 cm³/mol. The van der Waals surface area contributed by atoms with Crippen LogP contribution in [-0.4, -0.2) is 31.4 Å². The van der Waals surface area contributed by atoms with Crippen LogP contribution in [0.2, 0.25) is 0 Å². The number of hydrogen-bond acceptors (Lipinski definition) is 4. The van der Waals surface area contributed by atoms with Crippen LogP contribution in [0.15, 0.2) is 24.2 Å². The van der Waals surface area contributed by atoms with Crippen molar-refractivity contribution in [3.8, 4) is 11.5 Å². The number of methoxy groups -OCH3 is 2. The second-order valence-electron chi connectivity index (χ2n) is 2.88. The molecular weight excluding hydrogens is 195 g/mol. The fourth-order valence-corrected chi connectivity index (χ4v) is 1.16. The molecule has 0 amide bonds. The number of ether oxygens (including phenoxy) is 2. The van der Waals surface area contributed by atoms with Crippen LogP contribution in [0.4, 0.5) is 0 Å². The van der Waals surface area contributed by atoms with Crippen molar-refractivity contribution in [3.63, 3.8) is 0 Å². The van der Waals surface area contributed by atoms with Crippen LogP contribution in [-0.2, 0) is 0 Å². The first-order valence-electron chi connectivity index (χ1n) is 4.43. The van der Waals surface area contributed by atoms with Gasteiger partial charge in [-0.05, 0) is 18.2 Å². The normalized spacial score (nSPS) is 10.4. The summed E-state index contributed by atoms with van der Waals surface area (Å²) in [6.07, 6.45) is 1.56. The largest absolute Gasteiger partial charge is 0.497 e. The van der Waals surface area contributed by atoms with E-state index in [2.05, 4.69) is 0 Å². The molecule has 1 aromatic rings. The molecule has 0 spiro atoms. The highest BCUT2D eigenvalue weighted by Gasteiger charge is 2.04. The van der Waals surface area contributed by atoms with Gasteiger partial charge in [0.25, 0.3) is 0 Å². The molecule has 0 saturated carbocycles. The maximum atomic E-state index is 8.70. The molecule has 80 valence electrons. The van der Waals surface area contributed by atoms with Gasteiger partial charge in [-0.3, -0.25) is 0 Å². The van der Waals surface area contributed by atoms with Crippen molar-refractivity contribution >= 4 is 13.2 Å². The molecule has 0 atom stereocenters. The minimum Gasteiger partial charge on any atom is -0.497 e. The van der Waals surface area contributed by atoms with Crippen LogP contribution in [0.1, 0.15) is 5.56 Å². The zero-order chi connectivity index (χ0) is 11.3. The third kappa shape index (κ3) is 3.30. The van der Waals surface area contributed by atoms with E-state index < -0.39 is 7.12 Å². The summed E-state index contributed by atoms with van der Waals surface area (Å²) in [6.45, 7) is 0. The van der Waals surface area contributed by atoms with Crippen LogP contribution < -0.4 is 9.47 Å². The Hall–Kier alpha value is -1.46. The van der Waals surface area contributed by atoms with Gasteiger partial charge in [0.2, 0.25) is 0 Å². The molecule has 0 unspecified atom stereocenters. The lowest BCUT2D eigenvalue weighted by atomic mass is 9.90. The quantitative estimate of drug-likeness (QED) is 0.716. The van der Waals surface area contributed by atoms with Gasteiger partial charge in [0, 0.05) is 5.56 Å². The maximum Gasteiger partial charge on any atom is 0.480 e. The van der Waals surface area contributed by atoms with E-state index >= 15 is 0 Å². The Balaban J connectivity index is 3.01. The first kappa shape index (κ1) is 11.6. The first-order valence-corrected chi connectivity index (χ1v) is 4.43. The monoisotopic (exact) mass is 208 g/mol. The molecule has 1 rings (SSSR count). The van der Waals surface area contributed by atoms with Gasteiger partial charge in [0.05, 0.1) is 14.2 Å². The van der Waals surface area contributed by atoms with E-state index in [0.29, 0.717) is 11.5 Å². The molecule has 0 aliphatic heterocycles. The molecule has 0 saturated heterocycles. The average molecular weight is 208 g/mol. The second kappa shape index (κ2) is 5.43. The molecular formula is C10H13BO4. The Morgan fingerprint density at radius 2 is 1.93 bits per heavy atom. The molecule has 2 N–H and O–H groups in total. The summed E-state index contributed by atoms with van der Waals surface area (Å²) in [4.78, 5) is 0. The van der Waals surface area contributed by atoms with E-state index in [1.807, 2.05) is 0 Å². The van der Waals surface area contributed by atoms with Crippen LogP contribution in [0.5, 0.6) is 11.5 Å². The van der Waals surface area contributed by atoms with Gasteiger partial charge in [-0.25, -0.2) is 0 Å². The topological polar surface area (TPSA) is 58.9 Å². The van der Waals surface area contributed by atoms with E-state index in [1.54, 1.807) is 38.5 Å². The van der Waals surface area contributed by atoms with Gasteiger partial charge >= 0.3 is 7.12 Å². The van der Waals surface area contributed by atoms with Crippen molar-refractivity contribution in [1.29, 1.82) is 0 Å². The molecule has 0 aliphatic carbocycles. The van der Waals surface area contributed by atoms with Crippen molar-refractivity contribution in [3.05, 3.63) is 29.7 Å². The van der Waals surface area contributed by atoms with E-state index in [9.17, 15) is 0 Å². The Labute approximate surface area is 88.9 Å². The van der Waals surface area contributed by atoms with Crippen molar-refractivity contribution in [2.24, 2.45) is 0 Å². The molecule has 0 radical (unpaired) electrons. The number of benzene rings is 1. The number of hydrogen-bond donors (Lipinski definition) is 2. The van der Waals surface area contributed by atoms with E-state index in [-0.39, 0.29) is 0 Å². The van der Waals surface area contributed by atoms with E-state index in [1.165, 1.54) is 5.98 Å². The molecule has 4 nitrogen and oxygen atoms in total. The summed E-state index contributed by atoms with van der Waals surface area (Å²) in [6, 6.07) is 5.27.